The Bertz CT molecular complexity index is 959. The molecule has 7 nitrogen and oxygen atoms in total. The summed E-state index contributed by atoms with van der Waals surface area (Å²) in [5.41, 5.74) is 8.92. The normalized spacial score (nSPS) is 10.2. The lowest BCUT2D eigenvalue weighted by atomic mass is 10.1. The highest BCUT2D eigenvalue weighted by Crippen LogP contribution is 2.20. The van der Waals surface area contributed by atoms with E-state index in [1.165, 1.54) is 12.0 Å². The number of carbonyl (C=O) groups excluding carboxylic acids is 2. The number of nitrogens with zero attached hydrogens (tertiary/aromatic N) is 2. The van der Waals surface area contributed by atoms with Gasteiger partial charge in [0, 0.05) is 18.0 Å². The van der Waals surface area contributed by atoms with E-state index in [1.807, 2.05) is 0 Å². The molecule has 3 rings (SSSR count). The molecular weight excluding hydrogens is 356 g/mol. The molecule has 3 N–H and O–H groups in total. The summed E-state index contributed by atoms with van der Waals surface area (Å²) in [5, 5.41) is 2.78. The zero-order valence-electron chi connectivity index (χ0n) is 15.3. The van der Waals surface area contributed by atoms with E-state index in [-0.39, 0.29) is 5.91 Å². The lowest BCUT2D eigenvalue weighted by Gasteiger charge is -2.21. The Morgan fingerprint density at radius 2 is 1.71 bits per heavy atom. The zero-order chi connectivity index (χ0) is 19.9. The number of nitrogen functional groups attached to an aromatic ring is 1. The number of hydrogen-bond donors (Lipinski definition) is 2. The van der Waals surface area contributed by atoms with Crippen molar-refractivity contribution in [2.45, 2.75) is 6.54 Å². The van der Waals surface area contributed by atoms with Gasteiger partial charge in [-0.15, -0.1) is 0 Å². The summed E-state index contributed by atoms with van der Waals surface area (Å²) < 4.78 is 4.87. The molecule has 0 radical (unpaired) electrons. The summed E-state index contributed by atoms with van der Waals surface area (Å²) >= 11 is 0. The van der Waals surface area contributed by atoms with Gasteiger partial charge in [-0.05, 0) is 42.0 Å². The van der Waals surface area contributed by atoms with Crippen LogP contribution < -0.4 is 16.0 Å². The van der Waals surface area contributed by atoms with E-state index in [9.17, 15) is 9.59 Å². The summed E-state index contributed by atoms with van der Waals surface area (Å²) in [6.45, 7) is 0.296. The largest absolute Gasteiger partial charge is 0.452 e. The van der Waals surface area contributed by atoms with Crippen molar-refractivity contribution in [1.82, 2.24) is 4.98 Å². The molecule has 0 aliphatic heterocycles. The first-order valence-corrected chi connectivity index (χ1v) is 8.59. The molecule has 0 unspecified atom stereocenters. The van der Waals surface area contributed by atoms with Crippen LogP contribution in [-0.2, 0) is 11.3 Å². The second kappa shape index (κ2) is 8.68. The molecule has 0 aliphatic carbocycles. The topological polar surface area (TPSA) is 97.5 Å². The van der Waals surface area contributed by atoms with E-state index in [1.54, 1.807) is 73.1 Å². The van der Waals surface area contributed by atoms with E-state index in [2.05, 4.69) is 10.3 Å². The molecular formula is C21H20N4O3. The van der Waals surface area contributed by atoms with Crippen molar-refractivity contribution in [3.8, 4) is 0 Å². The van der Waals surface area contributed by atoms with E-state index in [0.29, 0.717) is 29.2 Å². The third-order valence-corrected chi connectivity index (χ3v) is 4.14. The van der Waals surface area contributed by atoms with Gasteiger partial charge in [-0.3, -0.25) is 14.7 Å². The van der Waals surface area contributed by atoms with Gasteiger partial charge in [0.05, 0.1) is 30.7 Å². The van der Waals surface area contributed by atoms with Gasteiger partial charge in [0.15, 0.2) is 0 Å². The number of hydrogen-bond acceptors (Lipinski definition) is 5. The van der Waals surface area contributed by atoms with E-state index in [4.69, 9.17) is 10.5 Å². The molecule has 1 aromatic heterocycles. The number of ether oxygens (including phenoxy) is 1. The molecule has 2 aromatic carbocycles. The van der Waals surface area contributed by atoms with Crippen LogP contribution in [0.2, 0.25) is 0 Å². The second-order valence-corrected chi connectivity index (χ2v) is 6.00. The van der Waals surface area contributed by atoms with Gasteiger partial charge in [0.2, 0.25) is 0 Å². The first-order valence-electron chi connectivity index (χ1n) is 8.59. The van der Waals surface area contributed by atoms with Crippen molar-refractivity contribution in [1.29, 1.82) is 0 Å². The van der Waals surface area contributed by atoms with Crippen molar-refractivity contribution < 1.29 is 14.3 Å². The van der Waals surface area contributed by atoms with Crippen LogP contribution in [0.25, 0.3) is 0 Å². The second-order valence-electron chi connectivity index (χ2n) is 6.00. The van der Waals surface area contributed by atoms with Crippen LogP contribution in [0, 0.1) is 0 Å². The number of para-hydroxylation sites is 2. The molecule has 1 heterocycles. The van der Waals surface area contributed by atoms with Crippen molar-refractivity contribution in [3.05, 3.63) is 84.2 Å². The molecule has 0 aliphatic rings. The molecule has 142 valence electrons. The number of benzene rings is 2. The van der Waals surface area contributed by atoms with Crippen LogP contribution in [-0.4, -0.2) is 24.1 Å². The standard InChI is InChI=1S/C21H20N4O3/c1-28-21(27)25(17-10-12-23-13-11-17)14-15-6-8-16(9-7-15)20(26)24-19-5-3-2-4-18(19)22/h2-13H,14,22H2,1H3,(H,24,26). The molecule has 0 saturated heterocycles. The van der Waals surface area contributed by atoms with E-state index < -0.39 is 6.09 Å². The molecule has 3 aromatic rings. The Morgan fingerprint density at radius 1 is 1.04 bits per heavy atom. The maximum absolute atomic E-state index is 12.4. The molecule has 0 atom stereocenters. The SMILES string of the molecule is COC(=O)N(Cc1ccc(C(=O)Nc2ccccc2N)cc1)c1ccncc1. The molecule has 2 amide bonds. The van der Waals surface area contributed by atoms with Gasteiger partial charge in [-0.2, -0.15) is 0 Å². The van der Waals surface area contributed by atoms with E-state index in [0.717, 1.165) is 5.56 Å². The maximum Gasteiger partial charge on any atom is 0.414 e. The number of amides is 2. The minimum Gasteiger partial charge on any atom is -0.452 e. The van der Waals surface area contributed by atoms with Crippen LogP contribution in [0.5, 0.6) is 0 Å². The number of nitrogens with one attached hydrogen (secondary N) is 1. The predicted octanol–water partition coefficient (Wildman–Crippen LogP) is 3.69. The lowest BCUT2D eigenvalue weighted by molar-refractivity contribution is 0.102. The van der Waals surface area contributed by atoms with Crippen molar-refractivity contribution in [2.75, 3.05) is 23.1 Å². The molecule has 0 saturated carbocycles. The highest BCUT2D eigenvalue weighted by molar-refractivity contribution is 6.05. The fourth-order valence-corrected chi connectivity index (χ4v) is 2.64. The van der Waals surface area contributed by atoms with Crippen molar-refractivity contribution >= 4 is 29.1 Å². The number of anilines is 3. The minimum absolute atomic E-state index is 0.261. The van der Waals surface area contributed by atoms with Gasteiger partial charge in [-0.1, -0.05) is 24.3 Å². The van der Waals surface area contributed by atoms with Gasteiger partial charge < -0.3 is 15.8 Å². The van der Waals surface area contributed by atoms with Gasteiger partial charge >= 0.3 is 6.09 Å². The van der Waals surface area contributed by atoms with Crippen LogP contribution in [0.4, 0.5) is 21.9 Å². The third-order valence-electron chi connectivity index (χ3n) is 4.14. The van der Waals surface area contributed by atoms with Crippen LogP contribution in [0.1, 0.15) is 15.9 Å². The summed E-state index contributed by atoms with van der Waals surface area (Å²) in [5.74, 6) is -0.261. The summed E-state index contributed by atoms with van der Waals surface area (Å²) in [6, 6.07) is 17.5. The first kappa shape index (κ1) is 18.9. The highest BCUT2D eigenvalue weighted by atomic mass is 16.5. The number of pyridine rings is 1. The highest BCUT2D eigenvalue weighted by Gasteiger charge is 2.17. The molecule has 0 fully saturated rings. The monoisotopic (exact) mass is 376 g/mol. The Labute approximate surface area is 162 Å². The maximum atomic E-state index is 12.4. The zero-order valence-corrected chi connectivity index (χ0v) is 15.3. The molecule has 0 spiro atoms. The average Bonchev–Trinajstić information content (AvgIpc) is 2.74. The Kier molecular flexibility index (Phi) is 5.86. The van der Waals surface area contributed by atoms with Crippen molar-refractivity contribution in [2.24, 2.45) is 0 Å². The van der Waals surface area contributed by atoms with E-state index >= 15 is 0 Å². The number of aromatic nitrogens is 1. The molecule has 0 bridgehead atoms. The summed E-state index contributed by atoms with van der Waals surface area (Å²) in [7, 11) is 1.33. The molecule has 7 heteroatoms. The Morgan fingerprint density at radius 3 is 2.36 bits per heavy atom. The fraction of sp³-hybridized carbons (Fsp3) is 0.0952. The van der Waals surface area contributed by atoms with Crippen LogP contribution >= 0.6 is 0 Å². The van der Waals surface area contributed by atoms with Gasteiger partial charge in [0.1, 0.15) is 0 Å². The summed E-state index contributed by atoms with van der Waals surface area (Å²) in [4.78, 5) is 30.0. The Balaban J connectivity index is 1.73. The quantitative estimate of drug-likeness (QED) is 0.662. The predicted molar refractivity (Wildman–Crippen MR) is 108 cm³/mol. The summed E-state index contributed by atoms with van der Waals surface area (Å²) in [6.07, 6.45) is 2.73. The molecule has 28 heavy (non-hydrogen) atoms. The Hall–Kier alpha value is -3.87. The fourth-order valence-electron chi connectivity index (χ4n) is 2.64. The lowest BCUT2D eigenvalue weighted by Crippen LogP contribution is -2.30. The number of nitrogens with two attached hydrogens (primary N) is 1. The third kappa shape index (κ3) is 4.45. The van der Waals surface area contributed by atoms with Crippen molar-refractivity contribution in [3.63, 3.8) is 0 Å². The van der Waals surface area contributed by atoms with Gasteiger partial charge in [0.25, 0.3) is 5.91 Å². The first-order chi connectivity index (χ1) is 13.6. The van der Waals surface area contributed by atoms with Crippen LogP contribution in [0.15, 0.2) is 73.1 Å². The number of methoxy groups -OCH3 is 1. The van der Waals surface area contributed by atoms with Crippen LogP contribution in [0.3, 0.4) is 0 Å². The minimum atomic E-state index is -0.479. The average molecular weight is 376 g/mol. The number of carbonyl (C=O) groups is 2. The number of rotatable bonds is 5. The van der Waals surface area contributed by atoms with Gasteiger partial charge in [-0.25, -0.2) is 4.79 Å². The smallest absolute Gasteiger partial charge is 0.414 e.